The normalized spacial score (nSPS) is 14.0. The molecule has 1 aromatic carbocycles. The highest BCUT2D eigenvalue weighted by Crippen LogP contribution is 2.31. The van der Waals surface area contributed by atoms with E-state index in [-0.39, 0.29) is 17.4 Å². The van der Waals surface area contributed by atoms with Crippen LogP contribution in [0.25, 0.3) is 0 Å². The Morgan fingerprint density at radius 1 is 1.12 bits per heavy atom. The summed E-state index contributed by atoms with van der Waals surface area (Å²) in [5.74, 6) is 0.733. The van der Waals surface area contributed by atoms with Crippen LogP contribution in [0, 0.1) is 13.8 Å². The van der Waals surface area contributed by atoms with Gasteiger partial charge in [0.1, 0.15) is 17.2 Å². The molecule has 1 aliphatic carbocycles. The molecule has 0 fully saturated rings. The largest absolute Gasteiger partial charge is 0.495 e. The molecule has 1 aliphatic rings. The summed E-state index contributed by atoms with van der Waals surface area (Å²) in [7, 11) is 1.55. The van der Waals surface area contributed by atoms with Crippen LogP contribution in [0.1, 0.15) is 56.3 Å². The zero-order chi connectivity index (χ0) is 22.7. The number of hydrogen-bond acceptors (Lipinski definition) is 6. The zero-order valence-electron chi connectivity index (χ0n) is 18.2. The number of rotatable bonds is 5. The Bertz CT molecular complexity index is 1200. The van der Waals surface area contributed by atoms with Gasteiger partial charge in [-0.2, -0.15) is 5.10 Å². The topological polar surface area (TPSA) is 106 Å². The zero-order valence-corrected chi connectivity index (χ0v) is 18.2. The van der Waals surface area contributed by atoms with Crippen molar-refractivity contribution in [2.75, 3.05) is 12.4 Å². The van der Waals surface area contributed by atoms with Crippen LogP contribution in [0.5, 0.6) is 5.75 Å². The lowest BCUT2D eigenvalue weighted by molar-refractivity contribution is 0.0948. The Morgan fingerprint density at radius 2 is 1.97 bits per heavy atom. The molecule has 164 valence electrons. The molecule has 2 N–H and O–H groups in total. The first-order valence-corrected chi connectivity index (χ1v) is 10.3. The van der Waals surface area contributed by atoms with Gasteiger partial charge in [0.15, 0.2) is 5.76 Å². The molecule has 32 heavy (non-hydrogen) atoms. The molecule has 0 bridgehead atoms. The van der Waals surface area contributed by atoms with Gasteiger partial charge in [0.25, 0.3) is 11.8 Å². The van der Waals surface area contributed by atoms with E-state index in [0.717, 1.165) is 17.5 Å². The summed E-state index contributed by atoms with van der Waals surface area (Å²) in [4.78, 5) is 29.3. The molecule has 8 nitrogen and oxygen atoms in total. The third-order valence-electron chi connectivity index (χ3n) is 5.33. The van der Waals surface area contributed by atoms with E-state index in [1.165, 1.54) is 0 Å². The number of nitrogens with zero attached hydrogens (tertiary/aromatic N) is 2. The van der Waals surface area contributed by atoms with Crippen LogP contribution in [-0.2, 0) is 6.42 Å². The predicted molar refractivity (Wildman–Crippen MR) is 120 cm³/mol. The number of pyridine rings is 1. The van der Waals surface area contributed by atoms with Gasteiger partial charge in [-0.25, -0.2) is 5.43 Å². The molecule has 0 saturated carbocycles. The van der Waals surface area contributed by atoms with Crippen molar-refractivity contribution < 1.29 is 18.7 Å². The SMILES string of the molecule is COc1ccc(C)cc1NC(=O)c1oc2c(c1C)/C(=N/NC(=O)c1ccccn1)CCC2. The van der Waals surface area contributed by atoms with Crippen LogP contribution in [0.3, 0.4) is 0 Å². The van der Waals surface area contributed by atoms with Gasteiger partial charge in [0, 0.05) is 23.7 Å². The van der Waals surface area contributed by atoms with E-state index >= 15 is 0 Å². The minimum absolute atomic E-state index is 0.226. The molecule has 0 radical (unpaired) electrons. The number of hydrazone groups is 1. The number of benzene rings is 1. The summed E-state index contributed by atoms with van der Waals surface area (Å²) >= 11 is 0. The maximum Gasteiger partial charge on any atom is 0.291 e. The summed E-state index contributed by atoms with van der Waals surface area (Å²) in [6, 6.07) is 10.7. The van der Waals surface area contributed by atoms with E-state index in [4.69, 9.17) is 9.15 Å². The number of hydrogen-bond donors (Lipinski definition) is 2. The minimum Gasteiger partial charge on any atom is -0.495 e. The van der Waals surface area contributed by atoms with Crippen molar-refractivity contribution in [3.8, 4) is 5.75 Å². The number of nitrogens with one attached hydrogen (secondary N) is 2. The maximum absolute atomic E-state index is 13.0. The first kappa shape index (κ1) is 21.3. The van der Waals surface area contributed by atoms with E-state index < -0.39 is 5.91 Å². The van der Waals surface area contributed by atoms with Crippen LogP contribution in [0.2, 0.25) is 0 Å². The van der Waals surface area contributed by atoms with Gasteiger partial charge in [-0.05, 0) is 56.5 Å². The van der Waals surface area contributed by atoms with Crippen LogP contribution in [-0.4, -0.2) is 29.6 Å². The van der Waals surface area contributed by atoms with E-state index in [0.29, 0.717) is 41.3 Å². The van der Waals surface area contributed by atoms with Crippen LogP contribution < -0.4 is 15.5 Å². The first-order valence-electron chi connectivity index (χ1n) is 10.3. The number of aromatic nitrogens is 1. The molecule has 0 saturated heterocycles. The van der Waals surface area contributed by atoms with Gasteiger partial charge < -0.3 is 14.5 Å². The third-order valence-corrected chi connectivity index (χ3v) is 5.33. The number of furan rings is 1. The van der Waals surface area contributed by atoms with E-state index in [2.05, 4.69) is 20.8 Å². The van der Waals surface area contributed by atoms with Crippen LogP contribution >= 0.6 is 0 Å². The quantitative estimate of drug-likeness (QED) is 0.592. The smallest absolute Gasteiger partial charge is 0.291 e. The van der Waals surface area contributed by atoms with Crippen LogP contribution in [0.15, 0.2) is 52.1 Å². The molecule has 0 atom stereocenters. The predicted octanol–water partition coefficient (Wildman–Crippen LogP) is 4.02. The molecule has 2 heterocycles. The molecule has 3 aromatic rings. The van der Waals surface area contributed by atoms with Gasteiger partial charge in [0.05, 0.1) is 18.5 Å². The molecule has 2 aromatic heterocycles. The van der Waals surface area contributed by atoms with Crippen molar-refractivity contribution in [3.05, 3.63) is 76.5 Å². The molecule has 0 aliphatic heterocycles. The fourth-order valence-electron chi connectivity index (χ4n) is 3.77. The standard InChI is InChI=1S/C24H24N4O4/c1-14-10-11-19(31-3)18(13-14)26-24(30)22-15(2)21-16(8-6-9-20(21)32-22)27-28-23(29)17-7-4-5-12-25-17/h4-5,7,10-13H,6,8-9H2,1-3H3,(H,26,30)(H,28,29)/b27-16+. The van der Waals surface area contributed by atoms with Gasteiger partial charge in [-0.15, -0.1) is 0 Å². The van der Waals surface area contributed by atoms with Gasteiger partial charge in [-0.1, -0.05) is 12.1 Å². The average molecular weight is 432 g/mol. The number of anilines is 1. The third kappa shape index (κ3) is 4.25. The molecule has 0 unspecified atom stereocenters. The summed E-state index contributed by atoms with van der Waals surface area (Å²) in [5.41, 5.74) is 6.56. The Balaban J connectivity index is 1.59. The Morgan fingerprint density at radius 3 is 2.72 bits per heavy atom. The van der Waals surface area contributed by atoms with Crippen molar-refractivity contribution >= 4 is 23.2 Å². The summed E-state index contributed by atoms with van der Waals surface area (Å²) in [6.45, 7) is 3.76. The number of amides is 2. The summed E-state index contributed by atoms with van der Waals surface area (Å²) < 4.78 is 11.3. The first-order chi connectivity index (χ1) is 15.5. The summed E-state index contributed by atoms with van der Waals surface area (Å²) in [6.07, 6.45) is 3.73. The maximum atomic E-state index is 13.0. The van der Waals surface area contributed by atoms with Gasteiger partial charge in [0.2, 0.25) is 0 Å². The minimum atomic E-state index is -0.393. The number of carbonyl (C=O) groups excluding carboxylic acids is 2. The summed E-state index contributed by atoms with van der Waals surface area (Å²) in [5, 5.41) is 7.20. The average Bonchev–Trinajstić information content (AvgIpc) is 3.15. The lowest BCUT2D eigenvalue weighted by Crippen LogP contribution is -2.22. The van der Waals surface area contributed by atoms with Crippen LogP contribution in [0.4, 0.5) is 5.69 Å². The molecular weight excluding hydrogens is 408 g/mol. The molecule has 2 amide bonds. The number of aryl methyl sites for hydroxylation is 2. The molecular formula is C24H24N4O4. The molecule has 0 spiro atoms. The van der Waals surface area contributed by atoms with Crippen molar-refractivity contribution in [2.45, 2.75) is 33.1 Å². The number of ether oxygens (including phenoxy) is 1. The highest BCUT2D eigenvalue weighted by atomic mass is 16.5. The van der Waals surface area contributed by atoms with E-state index in [1.54, 1.807) is 37.6 Å². The second kappa shape index (κ2) is 9.05. The van der Waals surface area contributed by atoms with Gasteiger partial charge >= 0.3 is 0 Å². The fourth-order valence-corrected chi connectivity index (χ4v) is 3.77. The second-order valence-corrected chi connectivity index (χ2v) is 7.58. The van der Waals surface area contributed by atoms with Gasteiger partial charge in [-0.3, -0.25) is 14.6 Å². The number of fused-ring (bicyclic) bond motifs is 1. The number of carbonyl (C=O) groups is 2. The second-order valence-electron chi connectivity index (χ2n) is 7.58. The highest BCUT2D eigenvalue weighted by molar-refractivity contribution is 6.09. The van der Waals surface area contributed by atoms with Crippen molar-refractivity contribution in [1.29, 1.82) is 0 Å². The Kier molecular flexibility index (Phi) is 6.02. The monoisotopic (exact) mass is 432 g/mol. The fraction of sp³-hybridized carbons (Fsp3) is 0.250. The van der Waals surface area contributed by atoms with Crippen molar-refractivity contribution in [2.24, 2.45) is 5.10 Å². The van der Waals surface area contributed by atoms with Crippen molar-refractivity contribution in [1.82, 2.24) is 10.4 Å². The molecule has 8 heteroatoms. The van der Waals surface area contributed by atoms with E-state index in [9.17, 15) is 9.59 Å². The Labute approximate surface area is 185 Å². The highest BCUT2D eigenvalue weighted by Gasteiger charge is 2.28. The van der Waals surface area contributed by atoms with Crippen molar-refractivity contribution in [3.63, 3.8) is 0 Å². The van der Waals surface area contributed by atoms with E-state index in [1.807, 2.05) is 26.0 Å². The lowest BCUT2D eigenvalue weighted by Gasteiger charge is -2.13. The molecule has 4 rings (SSSR count). The lowest BCUT2D eigenvalue weighted by atomic mass is 9.93. The Hall–Kier alpha value is -3.94. The number of methoxy groups -OCH3 is 1.